The standard InChI is InChI=1S/C10H16N2O4S2/c13-3-7(15)5-17-9-1-2-11-10(12-9)18-6-8(16)4-14/h1-2,7-8,13-16H,3-6H2. The molecule has 102 valence electrons. The van der Waals surface area contributed by atoms with E-state index in [2.05, 4.69) is 9.97 Å². The van der Waals surface area contributed by atoms with Gasteiger partial charge in [0, 0.05) is 17.7 Å². The van der Waals surface area contributed by atoms with Crippen LogP contribution >= 0.6 is 23.5 Å². The Hall–Kier alpha value is -0.380. The Kier molecular flexibility index (Phi) is 7.56. The summed E-state index contributed by atoms with van der Waals surface area (Å²) in [7, 11) is 0. The Morgan fingerprint density at radius 1 is 1.06 bits per heavy atom. The second kappa shape index (κ2) is 8.68. The third-order valence-corrected chi connectivity index (χ3v) is 3.94. The van der Waals surface area contributed by atoms with Crippen molar-refractivity contribution in [2.45, 2.75) is 22.4 Å². The first-order valence-electron chi connectivity index (χ1n) is 5.32. The van der Waals surface area contributed by atoms with Gasteiger partial charge in [0.25, 0.3) is 0 Å². The normalized spacial score (nSPS) is 14.4. The molecule has 1 aromatic heterocycles. The van der Waals surface area contributed by atoms with Crippen LogP contribution in [0.25, 0.3) is 0 Å². The van der Waals surface area contributed by atoms with Crippen LogP contribution < -0.4 is 0 Å². The van der Waals surface area contributed by atoms with Crippen LogP contribution in [0.5, 0.6) is 0 Å². The Balaban J connectivity index is 2.46. The molecular formula is C10H16N2O4S2. The van der Waals surface area contributed by atoms with Gasteiger partial charge < -0.3 is 20.4 Å². The van der Waals surface area contributed by atoms with Gasteiger partial charge in [0.1, 0.15) is 5.03 Å². The summed E-state index contributed by atoms with van der Waals surface area (Å²) < 4.78 is 0. The van der Waals surface area contributed by atoms with E-state index in [0.29, 0.717) is 21.7 Å². The molecular weight excluding hydrogens is 276 g/mol. The highest BCUT2D eigenvalue weighted by Crippen LogP contribution is 2.20. The molecule has 0 radical (unpaired) electrons. The summed E-state index contributed by atoms with van der Waals surface area (Å²) in [6, 6.07) is 1.71. The summed E-state index contributed by atoms with van der Waals surface area (Å²) in [5, 5.41) is 37.0. The van der Waals surface area contributed by atoms with Crippen molar-refractivity contribution in [1.29, 1.82) is 0 Å². The van der Waals surface area contributed by atoms with E-state index in [1.165, 1.54) is 23.5 Å². The first-order valence-corrected chi connectivity index (χ1v) is 7.29. The summed E-state index contributed by atoms with van der Waals surface area (Å²) >= 11 is 2.57. The Bertz CT molecular complexity index is 327. The third-order valence-electron chi connectivity index (χ3n) is 1.86. The monoisotopic (exact) mass is 292 g/mol. The molecule has 0 amide bonds. The lowest BCUT2D eigenvalue weighted by Crippen LogP contribution is -2.15. The highest BCUT2D eigenvalue weighted by Gasteiger charge is 2.07. The van der Waals surface area contributed by atoms with Gasteiger partial charge in [-0.25, -0.2) is 9.97 Å². The van der Waals surface area contributed by atoms with Gasteiger partial charge in [0.15, 0.2) is 5.16 Å². The van der Waals surface area contributed by atoms with Crippen LogP contribution in [-0.4, -0.2) is 67.3 Å². The maximum Gasteiger partial charge on any atom is 0.188 e. The molecule has 0 spiro atoms. The quantitative estimate of drug-likeness (QED) is 0.285. The fourth-order valence-electron chi connectivity index (χ4n) is 0.933. The number of nitrogens with zero attached hydrogens (tertiary/aromatic N) is 2. The second-order valence-corrected chi connectivity index (χ2v) is 5.50. The molecule has 0 aliphatic carbocycles. The van der Waals surface area contributed by atoms with Crippen LogP contribution in [0.1, 0.15) is 0 Å². The Labute approximate surface area is 113 Å². The summed E-state index contributed by atoms with van der Waals surface area (Å²) in [5.41, 5.74) is 0. The van der Waals surface area contributed by atoms with Crippen LogP contribution in [0.3, 0.4) is 0 Å². The van der Waals surface area contributed by atoms with Crippen molar-refractivity contribution in [3.8, 4) is 0 Å². The highest BCUT2D eigenvalue weighted by molar-refractivity contribution is 7.99. The number of hydrogen-bond acceptors (Lipinski definition) is 8. The van der Waals surface area contributed by atoms with E-state index < -0.39 is 12.2 Å². The van der Waals surface area contributed by atoms with Crippen LogP contribution in [0.2, 0.25) is 0 Å². The van der Waals surface area contributed by atoms with Crippen molar-refractivity contribution in [2.24, 2.45) is 0 Å². The molecule has 4 N–H and O–H groups in total. The molecule has 0 fully saturated rings. The zero-order valence-electron chi connectivity index (χ0n) is 9.64. The predicted molar refractivity (Wildman–Crippen MR) is 69.7 cm³/mol. The zero-order chi connectivity index (χ0) is 13.4. The first kappa shape index (κ1) is 15.7. The lowest BCUT2D eigenvalue weighted by Gasteiger charge is -2.07. The first-order chi connectivity index (χ1) is 8.65. The van der Waals surface area contributed by atoms with Gasteiger partial charge >= 0.3 is 0 Å². The van der Waals surface area contributed by atoms with Crippen molar-refractivity contribution >= 4 is 23.5 Å². The second-order valence-electron chi connectivity index (χ2n) is 3.47. The smallest absolute Gasteiger partial charge is 0.188 e. The molecule has 1 heterocycles. The average molecular weight is 292 g/mol. The lowest BCUT2D eigenvalue weighted by atomic mass is 10.4. The van der Waals surface area contributed by atoms with Gasteiger partial charge in [-0.15, -0.1) is 11.8 Å². The van der Waals surface area contributed by atoms with Crippen LogP contribution in [0.15, 0.2) is 22.4 Å². The molecule has 0 aliphatic rings. The number of rotatable bonds is 8. The number of thioether (sulfide) groups is 2. The van der Waals surface area contributed by atoms with Gasteiger partial charge in [-0.05, 0) is 6.07 Å². The summed E-state index contributed by atoms with van der Waals surface area (Å²) in [6.45, 7) is -0.563. The van der Waals surface area contributed by atoms with E-state index in [-0.39, 0.29) is 13.2 Å². The number of aromatic nitrogens is 2. The largest absolute Gasteiger partial charge is 0.394 e. The van der Waals surface area contributed by atoms with Gasteiger partial charge in [-0.1, -0.05) is 11.8 Å². The molecule has 0 bridgehead atoms. The van der Waals surface area contributed by atoms with Gasteiger partial charge in [0.2, 0.25) is 0 Å². The number of aliphatic hydroxyl groups excluding tert-OH is 4. The van der Waals surface area contributed by atoms with Crippen molar-refractivity contribution in [2.75, 3.05) is 24.7 Å². The SMILES string of the molecule is OCC(O)CSc1ccnc(SCC(O)CO)n1. The maximum atomic E-state index is 9.22. The van der Waals surface area contributed by atoms with E-state index in [1.54, 1.807) is 12.3 Å². The highest BCUT2D eigenvalue weighted by atomic mass is 32.2. The molecule has 2 unspecified atom stereocenters. The van der Waals surface area contributed by atoms with Gasteiger partial charge in [-0.2, -0.15) is 0 Å². The van der Waals surface area contributed by atoms with E-state index in [0.717, 1.165) is 0 Å². The third kappa shape index (κ3) is 5.98. The molecule has 2 atom stereocenters. The molecule has 8 heteroatoms. The van der Waals surface area contributed by atoms with E-state index in [4.69, 9.17) is 10.2 Å². The van der Waals surface area contributed by atoms with Gasteiger partial charge in [-0.3, -0.25) is 0 Å². The van der Waals surface area contributed by atoms with Crippen molar-refractivity contribution in [3.63, 3.8) is 0 Å². The summed E-state index contributed by atoms with van der Waals surface area (Å²) in [4.78, 5) is 8.24. The lowest BCUT2D eigenvalue weighted by molar-refractivity contribution is 0.113. The minimum atomic E-state index is -0.786. The fraction of sp³-hybridized carbons (Fsp3) is 0.600. The van der Waals surface area contributed by atoms with Crippen molar-refractivity contribution < 1.29 is 20.4 Å². The van der Waals surface area contributed by atoms with Crippen LogP contribution in [0, 0.1) is 0 Å². The topological polar surface area (TPSA) is 107 Å². The van der Waals surface area contributed by atoms with E-state index >= 15 is 0 Å². The minimum absolute atomic E-state index is 0.275. The Morgan fingerprint density at radius 2 is 1.67 bits per heavy atom. The molecule has 1 rings (SSSR count). The fourth-order valence-corrected chi connectivity index (χ4v) is 2.51. The molecule has 0 saturated carbocycles. The predicted octanol–water partition coefficient (Wildman–Crippen LogP) is -0.633. The van der Waals surface area contributed by atoms with Crippen LogP contribution in [0.4, 0.5) is 0 Å². The molecule has 0 aliphatic heterocycles. The molecule has 1 aromatic rings. The maximum absolute atomic E-state index is 9.22. The van der Waals surface area contributed by atoms with Crippen LogP contribution in [-0.2, 0) is 0 Å². The zero-order valence-corrected chi connectivity index (χ0v) is 11.3. The number of hydrogen-bond donors (Lipinski definition) is 4. The average Bonchev–Trinajstić information content (AvgIpc) is 2.42. The van der Waals surface area contributed by atoms with E-state index in [1.807, 2.05) is 0 Å². The van der Waals surface area contributed by atoms with E-state index in [9.17, 15) is 10.2 Å². The summed E-state index contributed by atoms with van der Waals surface area (Å²) in [6.07, 6.45) is 0.0392. The van der Waals surface area contributed by atoms with Gasteiger partial charge in [0.05, 0.1) is 25.4 Å². The minimum Gasteiger partial charge on any atom is -0.394 e. The molecule has 0 saturated heterocycles. The van der Waals surface area contributed by atoms with Crippen molar-refractivity contribution in [3.05, 3.63) is 12.3 Å². The van der Waals surface area contributed by atoms with Crippen molar-refractivity contribution in [1.82, 2.24) is 9.97 Å². The Morgan fingerprint density at radius 3 is 2.28 bits per heavy atom. The molecule has 6 nitrogen and oxygen atoms in total. The molecule has 0 aromatic carbocycles. The number of aliphatic hydroxyl groups is 4. The summed E-state index contributed by atoms with van der Waals surface area (Å²) in [5.74, 6) is 0.681. The molecule has 18 heavy (non-hydrogen) atoms.